The maximum Gasteiger partial charge on any atom is 0.191 e. The highest BCUT2D eigenvalue weighted by Gasteiger charge is 2.08. The van der Waals surface area contributed by atoms with Gasteiger partial charge >= 0.3 is 0 Å². The molecule has 3 rings (SSSR count). The van der Waals surface area contributed by atoms with Crippen LogP contribution < -0.4 is 10.6 Å². The van der Waals surface area contributed by atoms with Crippen LogP contribution in [0.4, 0.5) is 0 Å². The summed E-state index contributed by atoms with van der Waals surface area (Å²) in [6.45, 7) is 6.22. The second kappa shape index (κ2) is 13.6. The molecule has 1 aromatic carbocycles. The molecule has 0 aliphatic carbocycles. The van der Waals surface area contributed by atoms with Crippen molar-refractivity contribution in [2.24, 2.45) is 4.99 Å². The summed E-state index contributed by atoms with van der Waals surface area (Å²) in [5, 5.41) is 11.1. The van der Waals surface area contributed by atoms with Gasteiger partial charge in [0.15, 0.2) is 5.96 Å². The zero-order valence-corrected chi connectivity index (χ0v) is 19.8. The largest absolute Gasteiger partial charge is 0.356 e. The Labute approximate surface area is 192 Å². The van der Waals surface area contributed by atoms with Crippen LogP contribution in [0.3, 0.4) is 0 Å². The van der Waals surface area contributed by atoms with Gasteiger partial charge in [0, 0.05) is 32.5 Å². The molecule has 1 aromatic heterocycles. The highest BCUT2D eigenvalue weighted by molar-refractivity contribution is 14.0. The van der Waals surface area contributed by atoms with Crippen LogP contribution in [0.1, 0.15) is 43.2 Å². The molecule has 0 unspecified atom stereocenters. The predicted octanol–water partition coefficient (Wildman–Crippen LogP) is 3.48. The Bertz CT molecular complexity index is 708. The van der Waals surface area contributed by atoms with E-state index in [-0.39, 0.29) is 24.0 Å². The minimum Gasteiger partial charge on any atom is -0.356 e. The van der Waals surface area contributed by atoms with Gasteiger partial charge in [-0.05, 0) is 56.1 Å². The van der Waals surface area contributed by atoms with Crippen molar-refractivity contribution in [3.63, 3.8) is 0 Å². The summed E-state index contributed by atoms with van der Waals surface area (Å²) in [5.74, 6) is 0.869. The first-order valence-corrected chi connectivity index (χ1v) is 10.6. The van der Waals surface area contributed by atoms with Gasteiger partial charge in [-0.25, -0.2) is 0 Å². The first kappa shape index (κ1) is 23.7. The minimum absolute atomic E-state index is 0. The number of hydrogen-bond acceptors (Lipinski definition) is 3. The summed E-state index contributed by atoms with van der Waals surface area (Å²) in [7, 11) is 1.83. The number of guanidine groups is 1. The van der Waals surface area contributed by atoms with Gasteiger partial charge in [0.25, 0.3) is 0 Å². The highest BCUT2D eigenvalue weighted by Crippen LogP contribution is 2.09. The predicted molar refractivity (Wildman–Crippen MR) is 131 cm³/mol. The molecular formula is C22H35IN6. The molecule has 0 saturated carbocycles. The van der Waals surface area contributed by atoms with Crippen molar-refractivity contribution < 1.29 is 0 Å². The fourth-order valence-corrected chi connectivity index (χ4v) is 3.69. The Morgan fingerprint density at radius 3 is 2.59 bits per heavy atom. The molecule has 1 fully saturated rings. The lowest BCUT2D eigenvalue weighted by Crippen LogP contribution is -2.38. The summed E-state index contributed by atoms with van der Waals surface area (Å²) >= 11 is 0. The molecule has 1 saturated heterocycles. The first-order chi connectivity index (χ1) is 13.8. The average molecular weight is 510 g/mol. The van der Waals surface area contributed by atoms with Crippen molar-refractivity contribution in [1.29, 1.82) is 0 Å². The number of likely N-dealkylation sites (tertiary alicyclic amines) is 1. The van der Waals surface area contributed by atoms with E-state index < -0.39 is 0 Å². The molecule has 7 heteroatoms. The summed E-state index contributed by atoms with van der Waals surface area (Å²) in [6.07, 6.45) is 10.5. The Morgan fingerprint density at radius 2 is 1.86 bits per heavy atom. The number of halogens is 1. The summed E-state index contributed by atoms with van der Waals surface area (Å²) in [6, 6.07) is 10.6. The number of rotatable bonds is 8. The SMILES string of the molecule is CN=C(NCCCN1CCCCCC1)NCc1cccc(Cn2cccn2)c1.I. The van der Waals surface area contributed by atoms with E-state index in [2.05, 4.69) is 49.9 Å². The van der Waals surface area contributed by atoms with Crippen LogP contribution >= 0.6 is 24.0 Å². The fourth-order valence-electron chi connectivity index (χ4n) is 3.69. The molecule has 0 radical (unpaired) electrons. The molecule has 0 spiro atoms. The highest BCUT2D eigenvalue weighted by atomic mass is 127. The van der Waals surface area contributed by atoms with Crippen LogP contribution in [0.5, 0.6) is 0 Å². The van der Waals surface area contributed by atoms with E-state index in [9.17, 15) is 0 Å². The monoisotopic (exact) mass is 510 g/mol. The lowest BCUT2D eigenvalue weighted by Gasteiger charge is -2.20. The molecule has 0 bridgehead atoms. The Balaban J connectivity index is 0.00000300. The Morgan fingerprint density at radius 1 is 1.07 bits per heavy atom. The van der Waals surface area contributed by atoms with E-state index in [0.717, 1.165) is 32.0 Å². The fraction of sp³-hybridized carbons (Fsp3) is 0.545. The molecule has 2 N–H and O–H groups in total. The lowest BCUT2D eigenvalue weighted by molar-refractivity contribution is 0.282. The zero-order valence-electron chi connectivity index (χ0n) is 17.5. The number of benzene rings is 1. The Kier molecular flexibility index (Phi) is 11.1. The molecule has 0 atom stereocenters. The summed E-state index contributed by atoms with van der Waals surface area (Å²) in [4.78, 5) is 6.96. The van der Waals surface area contributed by atoms with Crippen molar-refractivity contribution in [3.05, 3.63) is 53.9 Å². The van der Waals surface area contributed by atoms with Crippen molar-refractivity contribution in [2.45, 2.75) is 45.2 Å². The van der Waals surface area contributed by atoms with Crippen LogP contribution in [-0.4, -0.2) is 53.9 Å². The van der Waals surface area contributed by atoms with Crippen LogP contribution in [0, 0.1) is 0 Å². The molecule has 1 aliphatic heterocycles. The third-order valence-corrected chi connectivity index (χ3v) is 5.22. The van der Waals surface area contributed by atoms with Crippen LogP contribution in [0.2, 0.25) is 0 Å². The van der Waals surface area contributed by atoms with Gasteiger partial charge in [-0.15, -0.1) is 24.0 Å². The average Bonchev–Trinajstić information content (AvgIpc) is 3.08. The second-order valence-electron chi connectivity index (χ2n) is 7.49. The second-order valence-corrected chi connectivity index (χ2v) is 7.49. The first-order valence-electron chi connectivity index (χ1n) is 10.6. The molecule has 6 nitrogen and oxygen atoms in total. The number of nitrogens with zero attached hydrogens (tertiary/aromatic N) is 4. The third-order valence-electron chi connectivity index (χ3n) is 5.22. The van der Waals surface area contributed by atoms with Gasteiger partial charge in [0.2, 0.25) is 0 Å². The van der Waals surface area contributed by atoms with Crippen molar-refractivity contribution in [2.75, 3.05) is 33.2 Å². The van der Waals surface area contributed by atoms with E-state index >= 15 is 0 Å². The molecule has 2 heterocycles. The van der Waals surface area contributed by atoms with E-state index in [4.69, 9.17) is 0 Å². The standard InChI is InChI=1S/C22H34N6.HI/c1-23-22(24-11-7-15-27-13-4-2-3-5-14-27)25-18-20-9-6-10-21(17-20)19-28-16-8-12-26-28;/h6,8-10,12,16-17H,2-5,7,11,13-15,18-19H2,1H3,(H2,23,24,25);1H. The van der Waals surface area contributed by atoms with E-state index in [1.807, 2.05) is 30.2 Å². The summed E-state index contributed by atoms with van der Waals surface area (Å²) < 4.78 is 1.94. The van der Waals surface area contributed by atoms with E-state index in [1.54, 1.807) is 0 Å². The smallest absolute Gasteiger partial charge is 0.191 e. The number of aliphatic imine (C=N–C) groups is 1. The van der Waals surface area contributed by atoms with Gasteiger partial charge in [-0.3, -0.25) is 9.67 Å². The van der Waals surface area contributed by atoms with Gasteiger partial charge in [-0.1, -0.05) is 37.1 Å². The van der Waals surface area contributed by atoms with Crippen molar-refractivity contribution in [3.8, 4) is 0 Å². The molecule has 0 amide bonds. The molecule has 1 aliphatic rings. The number of hydrogen-bond donors (Lipinski definition) is 2. The third kappa shape index (κ3) is 8.74. The lowest BCUT2D eigenvalue weighted by atomic mass is 10.1. The van der Waals surface area contributed by atoms with Crippen molar-refractivity contribution in [1.82, 2.24) is 25.3 Å². The molecule has 2 aromatic rings. The minimum atomic E-state index is 0. The van der Waals surface area contributed by atoms with E-state index in [0.29, 0.717) is 0 Å². The molecule has 29 heavy (non-hydrogen) atoms. The Hall–Kier alpha value is -1.61. The molecular weight excluding hydrogens is 475 g/mol. The maximum atomic E-state index is 4.35. The van der Waals surface area contributed by atoms with Crippen LogP contribution in [0.25, 0.3) is 0 Å². The van der Waals surface area contributed by atoms with Crippen LogP contribution in [0.15, 0.2) is 47.7 Å². The molecule has 160 valence electrons. The quantitative estimate of drug-likeness (QED) is 0.247. The van der Waals surface area contributed by atoms with Gasteiger partial charge in [-0.2, -0.15) is 5.10 Å². The number of aromatic nitrogens is 2. The van der Waals surface area contributed by atoms with Crippen LogP contribution in [-0.2, 0) is 13.1 Å². The topological polar surface area (TPSA) is 57.5 Å². The van der Waals surface area contributed by atoms with Gasteiger partial charge < -0.3 is 15.5 Å². The zero-order chi connectivity index (χ0) is 19.4. The van der Waals surface area contributed by atoms with Crippen molar-refractivity contribution >= 4 is 29.9 Å². The summed E-state index contributed by atoms with van der Waals surface area (Å²) in [5.41, 5.74) is 2.50. The van der Waals surface area contributed by atoms with Gasteiger partial charge in [0.1, 0.15) is 0 Å². The maximum absolute atomic E-state index is 4.35. The number of nitrogens with one attached hydrogen (secondary N) is 2. The normalized spacial score (nSPS) is 15.4. The van der Waals surface area contributed by atoms with Gasteiger partial charge in [0.05, 0.1) is 6.54 Å². The van der Waals surface area contributed by atoms with E-state index in [1.165, 1.54) is 56.4 Å².